The van der Waals surface area contributed by atoms with Crippen LogP contribution in [-0.4, -0.2) is 24.7 Å². The molecule has 1 heterocycles. The van der Waals surface area contributed by atoms with Crippen LogP contribution in [0.25, 0.3) is 0 Å². The lowest BCUT2D eigenvalue weighted by molar-refractivity contribution is 0.557. The van der Waals surface area contributed by atoms with Crippen molar-refractivity contribution in [2.24, 2.45) is 7.05 Å². The highest BCUT2D eigenvalue weighted by Gasteiger charge is 2.18. The molecule has 0 aliphatic carbocycles. The molecular formula is C12H15FN4O2S. The Morgan fingerprint density at radius 3 is 2.80 bits per heavy atom. The fraction of sp³-hybridized carbons (Fsp3) is 0.250. The first-order chi connectivity index (χ1) is 9.38. The molecule has 0 amide bonds. The topological polar surface area (TPSA) is 90.0 Å². The first-order valence-corrected chi connectivity index (χ1v) is 7.40. The molecule has 8 heteroatoms. The van der Waals surface area contributed by atoms with Crippen LogP contribution in [0.2, 0.25) is 0 Å². The van der Waals surface area contributed by atoms with Gasteiger partial charge in [-0.3, -0.25) is 4.68 Å². The van der Waals surface area contributed by atoms with Crippen LogP contribution in [0.1, 0.15) is 5.69 Å². The average molecular weight is 298 g/mol. The Balaban J connectivity index is 2.06. The van der Waals surface area contributed by atoms with Crippen molar-refractivity contribution in [3.63, 3.8) is 0 Å². The van der Waals surface area contributed by atoms with Gasteiger partial charge in [-0.1, -0.05) is 0 Å². The molecule has 0 aliphatic rings. The first kappa shape index (κ1) is 14.5. The standard InChI is InChI=1S/C12H15FN4O2S/c1-17-7-5-10(16-17)4-6-15-20(18,19)12-8-9(14)2-3-11(12)13/h2-3,5,7-8,15H,4,6,14H2,1H3. The highest BCUT2D eigenvalue weighted by atomic mass is 32.2. The number of benzene rings is 1. The molecule has 0 aliphatic heterocycles. The van der Waals surface area contributed by atoms with Gasteiger partial charge in [-0.05, 0) is 24.3 Å². The number of hydrogen-bond donors (Lipinski definition) is 2. The van der Waals surface area contributed by atoms with Crippen molar-refractivity contribution in [2.75, 3.05) is 12.3 Å². The summed E-state index contributed by atoms with van der Waals surface area (Å²) in [6.07, 6.45) is 2.19. The quantitative estimate of drug-likeness (QED) is 0.794. The highest BCUT2D eigenvalue weighted by molar-refractivity contribution is 7.89. The van der Waals surface area contributed by atoms with Crippen LogP contribution in [0.5, 0.6) is 0 Å². The van der Waals surface area contributed by atoms with Crippen molar-refractivity contribution in [1.82, 2.24) is 14.5 Å². The molecule has 1 aromatic carbocycles. The summed E-state index contributed by atoms with van der Waals surface area (Å²) in [5.74, 6) is -0.829. The Morgan fingerprint density at radius 1 is 1.40 bits per heavy atom. The van der Waals surface area contributed by atoms with Gasteiger partial charge in [-0.2, -0.15) is 5.10 Å². The van der Waals surface area contributed by atoms with Crippen molar-refractivity contribution >= 4 is 15.7 Å². The van der Waals surface area contributed by atoms with Gasteiger partial charge in [0.15, 0.2) is 0 Å². The van der Waals surface area contributed by atoms with E-state index in [1.807, 2.05) is 0 Å². The number of nitrogen functional groups attached to an aromatic ring is 1. The SMILES string of the molecule is Cn1ccc(CCNS(=O)(=O)c2cc(N)ccc2F)n1. The molecule has 2 rings (SSSR count). The molecule has 0 unspecified atom stereocenters. The maximum absolute atomic E-state index is 13.5. The Bertz CT molecular complexity index is 712. The van der Waals surface area contributed by atoms with E-state index in [2.05, 4.69) is 9.82 Å². The summed E-state index contributed by atoms with van der Waals surface area (Å²) >= 11 is 0. The number of nitrogens with two attached hydrogens (primary N) is 1. The van der Waals surface area contributed by atoms with Gasteiger partial charge >= 0.3 is 0 Å². The number of aryl methyl sites for hydroxylation is 1. The zero-order valence-electron chi connectivity index (χ0n) is 10.9. The number of aromatic nitrogens is 2. The van der Waals surface area contributed by atoms with Crippen LogP contribution in [0.4, 0.5) is 10.1 Å². The van der Waals surface area contributed by atoms with E-state index in [4.69, 9.17) is 5.73 Å². The summed E-state index contributed by atoms with van der Waals surface area (Å²) in [7, 11) is -2.14. The smallest absolute Gasteiger partial charge is 0.243 e. The zero-order valence-corrected chi connectivity index (χ0v) is 11.7. The average Bonchev–Trinajstić information content (AvgIpc) is 2.78. The molecule has 0 saturated carbocycles. The number of nitrogens with one attached hydrogen (secondary N) is 1. The second kappa shape index (κ2) is 5.59. The molecule has 108 valence electrons. The fourth-order valence-electron chi connectivity index (χ4n) is 1.71. The molecule has 20 heavy (non-hydrogen) atoms. The molecule has 0 radical (unpaired) electrons. The van der Waals surface area contributed by atoms with Gasteiger partial charge in [-0.25, -0.2) is 17.5 Å². The number of nitrogens with zero attached hydrogens (tertiary/aromatic N) is 2. The lowest BCUT2D eigenvalue weighted by Gasteiger charge is -2.07. The van der Waals surface area contributed by atoms with E-state index in [1.54, 1.807) is 24.0 Å². The Labute approximate surface area is 116 Å². The predicted molar refractivity (Wildman–Crippen MR) is 72.9 cm³/mol. The van der Waals surface area contributed by atoms with E-state index in [1.165, 1.54) is 6.07 Å². The van der Waals surface area contributed by atoms with Crippen LogP contribution < -0.4 is 10.5 Å². The number of hydrogen-bond acceptors (Lipinski definition) is 4. The van der Waals surface area contributed by atoms with Gasteiger partial charge in [0.25, 0.3) is 0 Å². The monoisotopic (exact) mass is 298 g/mol. The molecule has 0 bridgehead atoms. The van der Waals surface area contributed by atoms with Gasteiger partial charge in [0.05, 0.1) is 5.69 Å². The third-order valence-electron chi connectivity index (χ3n) is 2.69. The second-order valence-electron chi connectivity index (χ2n) is 4.32. The highest BCUT2D eigenvalue weighted by Crippen LogP contribution is 2.17. The van der Waals surface area contributed by atoms with Crippen molar-refractivity contribution in [3.05, 3.63) is 42.0 Å². The molecule has 3 N–H and O–H groups in total. The summed E-state index contributed by atoms with van der Waals surface area (Å²) in [4.78, 5) is -0.446. The van der Waals surface area contributed by atoms with Crippen LogP contribution in [0, 0.1) is 5.82 Å². The number of sulfonamides is 1. The second-order valence-corrected chi connectivity index (χ2v) is 6.05. The maximum Gasteiger partial charge on any atom is 0.243 e. The lowest BCUT2D eigenvalue weighted by Crippen LogP contribution is -2.27. The molecule has 6 nitrogen and oxygen atoms in total. The first-order valence-electron chi connectivity index (χ1n) is 5.92. The normalized spacial score (nSPS) is 11.7. The molecule has 0 fully saturated rings. The van der Waals surface area contributed by atoms with E-state index in [0.29, 0.717) is 6.42 Å². The Hall–Kier alpha value is -1.93. The minimum absolute atomic E-state index is 0.133. The minimum Gasteiger partial charge on any atom is -0.399 e. The molecule has 0 atom stereocenters. The van der Waals surface area contributed by atoms with Crippen LogP contribution in [0.3, 0.4) is 0 Å². The summed E-state index contributed by atoms with van der Waals surface area (Å²) in [5, 5.41) is 4.12. The van der Waals surface area contributed by atoms with Crippen LogP contribution >= 0.6 is 0 Å². The maximum atomic E-state index is 13.5. The van der Waals surface area contributed by atoms with Gasteiger partial charge in [-0.15, -0.1) is 0 Å². The summed E-state index contributed by atoms with van der Waals surface area (Å²) in [6.45, 7) is 0.133. The minimum atomic E-state index is -3.92. The summed E-state index contributed by atoms with van der Waals surface area (Å²) < 4.78 is 41.4. The fourth-order valence-corrected chi connectivity index (χ4v) is 2.86. The molecule has 0 saturated heterocycles. The van der Waals surface area contributed by atoms with Crippen molar-refractivity contribution in [2.45, 2.75) is 11.3 Å². The van der Waals surface area contributed by atoms with Crippen molar-refractivity contribution in [1.29, 1.82) is 0 Å². The third-order valence-corrected chi connectivity index (χ3v) is 4.16. The van der Waals surface area contributed by atoms with Crippen molar-refractivity contribution in [3.8, 4) is 0 Å². The molecule has 2 aromatic rings. The van der Waals surface area contributed by atoms with Gasteiger partial charge in [0.1, 0.15) is 10.7 Å². The number of rotatable bonds is 5. The Morgan fingerprint density at radius 2 is 2.15 bits per heavy atom. The largest absolute Gasteiger partial charge is 0.399 e. The van der Waals surface area contributed by atoms with Gasteiger partial charge in [0, 0.05) is 31.9 Å². The van der Waals surface area contributed by atoms with E-state index in [9.17, 15) is 12.8 Å². The number of halogens is 1. The lowest BCUT2D eigenvalue weighted by atomic mass is 10.3. The van der Waals surface area contributed by atoms with Crippen LogP contribution in [0.15, 0.2) is 35.4 Å². The van der Waals surface area contributed by atoms with Gasteiger partial charge < -0.3 is 5.73 Å². The van der Waals surface area contributed by atoms with Crippen molar-refractivity contribution < 1.29 is 12.8 Å². The third kappa shape index (κ3) is 3.34. The summed E-state index contributed by atoms with van der Waals surface area (Å²) in [6, 6.07) is 5.22. The molecular weight excluding hydrogens is 283 g/mol. The van der Waals surface area contributed by atoms with Gasteiger partial charge in [0.2, 0.25) is 10.0 Å². The number of anilines is 1. The predicted octanol–water partition coefficient (Wildman–Crippen LogP) is 0.662. The van der Waals surface area contributed by atoms with E-state index in [0.717, 1.165) is 17.8 Å². The molecule has 1 aromatic heterocycles. The van der Waals surface area contributed by atoms with E-state index >= 15 is 0 Å². The molecule has 0 spiro atoms. The van der Waals surface area contributed by atoms with E-state index < -0.39 is 20.7 Å². The van der Waals surface area contributed by atoms with Crippen LogP contribution in [-0.2, 0) is 23.5 Å². The van der Waals surface area contributed by atoms with E-state index in [-0.39, 0.29) is 12.2 Å². The Kier molecular flexibility index (Phi) is 4.05. The summed E-state index contributed by atoms with van der Waals surface area (Å²) in [5.41, 5.74) is 6.42. The zero-order chi connectivity index (χ0) is 14.8.